The predicted molar refractivity (Wildman–Crippen MR) is 136 cm³/mol. The number of hydrogen-bond donors (Lipinski definition) is 2. The van der Waals surface area contributed by atoms with Crippen molar-refractivity contribution in [3.05, 3.63) is 68.7 Å². The van der Waals surface area contributed by atoms with Crippen molar-refractivity contribution < 1.29 is 38.4 Å². The highest BCUT2D eigenvalue weighted by atomic mass is 35.5. The highest BCUT2D eigenvalue weighted by Crippen LogP contribution is 2.33. The number of rotatable bonds is 2. The Bertz CT molecular complexity index is 1460. The van der Waals surface area contributed by atoms with E-state index in [0.717, 1.165) is 9.80 Å². The molecule has 0 saturated carbocycles. The number of benzene rings is 2. The molecule has 204 valence electrons. The van der Waals surface area contributed by atoms with Gasteiger partial charge in [-0.15, -0.1) is 0 Å². The smallest absolute Gasteiger partial charge is 0.263 e. The molecule has 2 saturated heterocycles. The molecule has 2 N–H and O–H groups in total. The lowest BCUT2D eigenvalue weighted by atomic mass is 10.0. The molecule has 12 nitrogen and oxygen atoms in total. The highest BCUT2D eigenvalue weighted by Gasteiger charge is 2.46. The Morgan fingerprint density at radius 3 is 1.27 bits per heavy atom. The van der Waals surface area contributed by atoms with Gasteiger partial charge in [0.1, 0.15) is 12.1 Å². The molecule has 4 heterocycles. The van der Waals surface area contributed by atoms with Crippen molar-refractivity contribution in [2.45, 2.75) is 37.8 Å². The number of halogens is 2. The van der Waals surface area contributed by atoms with E-state index in [1.54, 1.807) is 12.1 Å². The molecular weight excluding hydrogens is 567 g/mol. The summed E-state index contributed by atoms with van der Waals surface area (Å²) in [5.41, 5.74) is 0.604. The van der Waals surface area contributed by atoms with Gasteiger partial charge in [-0.1, -0.05) is 35.3 Å². The van der Waals surface area contributed by atoms with Gasteiger partial charge >= 0.3 is 0 Å². The molecule has 2 fully saturated rings. The Morgan fingerprint density at radius 2 is 0.950 bits per heavy atom. The SMILES string of the molecule is O=C1CCC(N2C(=O)c3cccc(Cl)c3C2=O)C(=O)N1.O=C1CCC(N2C(=O)c3cccc(Cl)c3C2=O)C(=O)N1. The van der Waals surface area contributed by atoms with Crippen LogP contribution in [0.4, 0.5) is 0 Å². The summed E-state index contributed by atoms with van der Waals surface area (Å²) in [6.07, 6.45) is 0.455. The third kappa shape index (κ3) is 4.44. The zero-order valence-electron chi connectivity index (χ0n) is 20.4. The van der Waals surface area contributed by atoms with Crippen molar-refractivity contribution >= 4 is 70.5 Å². The molecule has 0 aromatic heterocycles. The molecule has 14 heteroatoms. The lowest BCUT2D eigenvalue weighted by Gasteiger charge is -2.27. The molecule has 4 aliphatic heterocycles. The number of nitrogens with zero attached hydrogens (tertiary/aromatic N) is 2. The van der Waals surface area contributed by atoms with Gasteiger partial charge in [-0.2, -0.15) is 0 Å². The van der Waals surface area contributed by atoms with E-state index in [0.29, 0.717) is 0 Å². The van der Waals surface area contributed by atoms with Crippen LogP contribution < -0.4 is 10.6 Å². The maximum absolute atomic E-state index is 12.3. The van der Waals surface area contributed by atoms with E-state index >= 15 is 0 Å². The second kappa shape index (κ2) is 10.3. The van der Waals surface area contributed by atoms with E-state index < -0.39 is 59.3 Å². The van der Waals surface area contributed by atoms with Gasteiger partial charge in [0.2, 0.25) is 23.6 Å². The summed E-state index contributed by atoms with van der Waals surface area (Å²) in [6, 6.07) is 7.23. The Balaban J connectivity index is 0.000000161. The standard InChI is InChI=1S/2C13H9ClN2O4/c2*14-7-3-1-2-6-10(7)13(20)16(12(6)19)8-4-5-9(17)15-11(8)18/h2*1-3,8H,4-5H2,(H,15,17,18). The zero-order valence-corrected chi connectivity index (χ0v) is 21.9. The van der Waals surface area contributed by atoms with Gasteiger partial charge < -0.3 is 0 Å². The van der Waals surface area contributed by atoms with Crippen LogP contribution in [0.2, 0.25) is 10.0 Å². The van der Waals surface area contributed by atoms with Gasteiger partial charge in [0.15, 0.2) is 0 Å². The van der Waals surface area contributed by atoms with Crippen molar-refractivity contribution in [3.8, 4) is 0 Å². The number of carbonyl (C=O) groups excluding carboxylic acids is 8. The topological polar surface area (TPSA) is 167 Å². The molecule has 6 rings (SSSR count). The summed E-state index contributed by atoms with van der Waals surface area (Å²) in [5.74, 6) is -4.36. The lowest BCUT2D eigenvalue weighted by Crippen LogP contribution is -2.54. The van der Waals surface area contributed by atoms with Crippen LogP contribution in [0.1, 0.15) is 67.1 Å². The Kier molecular flexibility index (Phi) is 6.98. The van der Waals surface area contributed by atoms with Crippen LogP contribution in [0.15, 0.2) is 36.4 Å². The van der Waals surface area contributed by atoms with Crippen LogP contribution in [-0.4, -0.2) is 69.1 Å². The fourth-order valence-electron chi connectivity index (χ4n) is 4.95. The van der Waals surface area contributed by atoms with Gasteiger partial charge in [0.25, 0.3) is 23.6 Å². The molecule has 2 aromatic carbocycles. The number of piperidine rings is 2. The van der Waals surface area contributed by atoms with Crippen molar-refractivity contribution in [1.82, 2.24) is 20.4 Å². The van der Waals surface area contributed by atoms with Crippen LogP contribution in [0.3, 0.4) is 0 Å². The molecular formula is C26H18Cl2N4O8. The van der Waals surface area contributed by atoms with E-state index in [4.69, 9.17) is 23.2 Å². The molecule has 0 radical (unpaired) electrons. The molecule has 2 atom stereocenters. The molecule has 2 unspecified atom stereocenters. The third-order valence-corrected chi connectivity index (χ3v) is 7.46. The average Bonchev–Trinajstić information content (AvgIpc) is 3.31. The van der Waals surface area contributed by atoms with Crippen molar-refractivity contribution in [2.75, 3.05) is 0 Å². The summed E-state index contributed by atoms with van der Waals surface area (Å²) >= 11 is 11.9. The van der Waals surface area contributed by atoms with Crippen molar-refractivity contribution in [3.63, 3.8) is 0 Å². The van der Waals surface area contributed by atoms with E-state index in [1.165, 1.54) is 24.3 Å². The number of imide groups is 4. The minimum Gasteiger partial charge on any atom is -0.295 e. The highest BCUT2D eigenvalue weighted by molar-refractivity contribution is 6.38. The van der Waals surface area contributed by atoms with Crippen LogP contribution in [0.25, 0.3) is 0 Å². The Labute approximate surface area is 235 Å². The van der Waals surface area contributed by atoms with E-state index in [-0.39, 0.29) is 58.0 Å². The monoisotopic (exact) mass is 584 g/mol. The zero-order chi connectivity index (χ0) is 28.9. The molecule has 8 amide bonds. The second-order valence-corrected chi connectivity index (χ2v) is 10.0. The van der Waals surface area contributed by atoms with Crippen molar-refractivity contribution in [2.24, 2.45) is 0 Å². The van der Waals surface area contributed by atoms with Crippen molar-refractivity contribution in [1.29, 1.82) is 0 Å². The van der Waals surface area contributed by atoms with Crippen LogP contribution in [-0.2, 0) is 19.2 Å². The predicted octanol–water partition coefficient (Wildman–Crippen LogP) is 1.48. The van der Waals surface area contributed by atoms with Crippen LogP contribution >= 0.6 is 23.2 Å². The van der Waals surface area contributed by atoms with Gasteiger partial charge in [-0.3, -0.25) is 58.8 Å². The lowest BCUT2D eigenvalue weighted by molar-refractivity contribution is -0.137. The number of carbonyl (C=O) groups is 8. The maximum Gasteiger partial charge on any atom is 0.263 e. The molecule has 4 aliphatic rings. The molecule has 0 bridgehead atoms. The number of fused-ring (bicyclic) bond motifs is 2. The first-order chi connectivity index (χ1) is 19.0. The third-order valence-electron chi connectivity index (χ3n) is 6.83. The minimum absolute atomic E-state index is 0.0948. The molecule has 0 spiro atoms. The fraction of sp³-hybridized carbons (Fsp3) is 0.231. The maximum atomic E-state index is 12.3. The summed E-state index contributed by atoms with van der Waals surface area (Å²) < 4.78 is 0. The quantitative estimate of drug-likeness (QED) is 0.500. The first kappa shape index (κ1) is 27.2. The van der Waals surface area contributed by atoms with Crippen LogP contribution in [0.5, 0.6) is 0 Å². The first-order valence-corrected chi connectivity index (χ1v) is 12.8. The second-order valence-electron chi connectivity index (χ2n) is 9.22. The first-order valence-electron chi connectivity index (χ1n) is 12.0. The Hall–Kier alpha value is -4.42. The normalized spacial score (nSPS) is 22.1. The van der Waals surface area contributed by atoms with E-state index in [1.807, 2.05) is 0 Å². The molecule has 0 aliphatic carbocycles. The van der Waals surface area contributed by atoms with Gasteiger partial charge in [-0.25, -0.2) is 0 Å². The fourth-order valence-corrected chi connectivity index (χ4v) is 5.46. The van der Waals surface area contributed by atoms with E-state index in [2.05, 4.69) is 10.6 Å². The van der Waals surface area contributed by atoms with Crippen LogP contribution in [0, 0.1) is 0 Å². The molecule has 40 heavy (non-hydrogen) atoms. The summed E-state index contributed by atoms with van der Waals surface area (Å²) in [7, 11) is 0. The number of amides is 8. The van der Waals surface area contributed by atoms with E-state index in [9.17, 15) is 38.4 Å². The number of hydrogen-bond acceptors (Lipinski definition) is 8. The summed E-state index contributed by atoms with van der Waals surface area (Å²) in [5, 5.41) is 4.62. The number of nitrogens with one attached hydrogen (secondary N) is 2. The van der Waals surface area contributed by atoms with Gasteiger partial charge in [0, 0.05) is 12.8 Å². The summed E-state index contributed by atoms with van der Waals surface area (Å²) in [4.78, 5) is 96.8. The average molecular weight is 585 g/mol. The van der Waals surface area contributed by atoms with Gasteiger partial charge in [0.05, 0.1) is 32.3 Å². The summed E-state index contributed by atoms with van der Waals surface area (Å²) in [6.45, 7) is 0. The minimum atomic E-state index is -0.962. The molecule has 2 aromatic rings. The Morgan fingerprint density at radius 1 is 0.575 bits per heavy atom. The largest absolute Gasteiger partial charge is 0.295 e. The van der Waals surface area contributed by atoms with Gasteiger partial charge in [-0.05, 0) is 37.1 Å².